The van der Waals surface area contributed by atoms with Gasteiger partial charge in [0.2, 0.25) is 0 Å². The molecule has 1 atom stereocenters. The molecule has 0 saturated carbocycles. The molecule has 0 aliphatic rings. The molecule has 1 aromatic heterocycles. The molecular weight excluding hydrogens is 276 g/mol. The van der Waals surface area contributed by atoms with Crippen LogP contribution < -0.4 is 5.32 Å². The smallest absolute Gasteiger partial charge is 0.323 e. The van der Waals surface area contributed by atoms with Gasteiger partial charge in [-0.2, -0.15) is 0 Å². The van der Waals surface area contributed by atoms with Gasteiger partial charge >= 0.3 is 5.97 Å². The number of fused-ring (bicyclic) bond motifs is 1. The van der Waals surface area contributed by atoms with Gasteiger partial charge < -0.3 is 14.8 Å². The molecule has 20 heavy (non-hydrogen) atoms. The molecule has 6 heteroatoms. The van der Waals surface area contributed by atoms with E-state index in [1.54, 1.807) is 6.92 Å². The quantitative estimate of drug-likeness (QED) is 0.765. The second kappa shape index (κ2) is 6.28. The molecular formula is C14H18N2O3S. The van der Waals surface area contributed by atoms with Crippen molar-refractivity contribution >= 4 is 28.8 Å². The number of nitrogens with zero attached hydrogens (tertiary/aromatic N) is 1. The van der Waals surface area contributed by atoms with Crippen molar-refractivity contribution < 1.29 is 14.3 Å². The first-order chi connectivity index (χ1) is 9.55. The second-order valence-corrected chi connectivity index (χ2v) is 5.76. The zero-order valence-corrected chi connectivity index (χ0v) is 12.4. The number of carboxylic acid groups (broad SMARTS) is 1. The summed E-state index contributed by atoms with van der Waals surface area (Å²) in [6.07, 6.45) is 0.500. The Labute approximate surface area is 121 Å². The average Bonchev–Trinajstić information content (AvgIpc) is 2.81. The predicted octanol–water partition coefficient (Wildman–Crippen LogP) is 2.76. The highest BCUT2D eigenvalue weighted by Crippen LogP contribution is 2.25. The van der Waals surface area contributed by atoms with Gasteiger partial charge in [-0.1, -0.05) is 30.8 Å². The molecule has 0 aliphatic heterocycles. The molecule has 0 bridgehead atoms. The Hall–Kier alpha value is -1.53. The maximum absolute atomic E-state index is 11.3. The Kier molecular flexibility index (Phi) is 4.67. The van der Waals surface area contributed by atoms with Crippen molar-refractivity contribution in [3.63, 3.8) is 0 Å². The van der Waals surface area contributed by atoms with Crippen LogP contribution >= 0.6 is 11.8 Å². The zero-order valence-electron chi connectivity index (χ0n) is 11.5. The van der Waals surface area contributed by atoms with Crippen molar-refractivity contribution in [2.45, 2.75) is 31.0 Å². The number of hydrogen-bond acceptors (Lipinski definition) is 5. The van der Waals surface area contributed by atoms with Gasteiger partial charge in [0.05, 0.1) is 0 Å². The summed E-state index contributed by atoms with van der Waals surface area (Å²) in [4.78, 5) is 15.6. The SMILES string of the molecule is CCNC(C)(CCSc1nc2ccccc2o1)C(=O)O. The third-order valence-corrected chi connectivity index (χ3v) is 3.97. The summed E-state index contributed by atoms with van der Waals surface area (Å²) in [7, 11) is 0. The summed E-state index contributed by atoms with van der Waals surface area (Å²) >= 11 is 1.44. The van der Waals surface area contributed by atoms with E-state index < -0.39 is 11.5 Å². The van der Waals surface area contributed by atoms with Gasteiger partial charge in [-0.15, -0.1) is 0 Å². The summed E-state index contributed by atoms with van der Waals surface area (Å²) < 4.78 is 5.59. The molecule has 1 unspecified atom stereocenters. The first-order valence-corrected chi connectivity index (χ1v) is 7.50. The fourth-order valence-corrected chi connectivity index (χ4v) is 2.91. The lowest BCUT2D eigenvalue weighted by molar-refractivity contribution is -0.144. The van der Waals surface area contributed by atoms with Gasteiger partial charge in [0.15, 0.2) is 5.58 Å². The van der Waals surface area contributed by atoms with Gasteiger partial charge in [-0.05, 0) is 32.0 Å². The van der Waals surface area contributed by atoms with Crippen LogP contribution in [-0.2, 0) is 4.79 Å². The van der Waals surface area contributed by atoms with Crippen LogP contribution in [0.5, 0.6) is 0 Å². The fraction of sp³-hybridized carbons (Fsp3) is 0.429. The Morgan fingerprint density at radius 1 is 1.50 bits per heavy atom. The molecule has 1 heterocycles. The second-order valence-electron chi connectivity index (χ2n) is 4.71. The van der Waals surface area contributed by atoms with E-state index >= 15 is 0 Å². The van der Waals surface area contributed by atoms with Gasteiger partial charge in [-0.25, -0.2) is 4.98 Å². The number of hydrogen-bond donors (Lipinski definition) is 2. The minimum Gasteiger partial charge on any atom is -0.480 e. The van der Waals surface area contributed by atoms with Gasteiger partial charge in [0.25, 0.3) is 5.22 Å². The Morgan fingerprint density at radius 2 is 2.25 bits per heavy atom. The lowest BCUT2D eigenvalue weighted by Crippen LogP contribution is -2.49. The van der Waals surface area contributed by atoms with E-state index in [-0.39, 0.29) is 0 Å². The Bertz CT molecular complexity index is 566. The van der Waals surface area contributed by atoms with Crippen LogP contribution in [0.4, 0.5) is 0 Å². The highest BCUT2D eigenvalue weighted by molar-refractivity contribution is 7.99. The number of aromatic nitrogens is 1. The molecule has 2 N–H and O–H groups in total. The summed E-state index contributed by atoms with van der Waals surface area (Å²) in [5.74, 6) is -0.208. The van der Waals surface area contributed by atoms with E-state index in [2.05, 4.69) is 10.3 Å². The van der Waals surface area contributed by atoms with Crippen LogP contribution in [-0.4, -0.2) is 33.9 Å². The topological polar surface area (TPSA) is 75.4 Å². The Morgan fingerprint density at radius 3 is 2.90 bits per heavy atom. The van der Waals surface area contributed by atoms with Crippen LogP contribution in [0.2, 0.25) is 0 Å². The minimum atomic E-state index is -0.909. The van der Waals surface area contributed by atoms with Crippen molar-refractivity contribution in [2.75, 3.05) is 12.3 Å². The number of rotatable bonds is 7. The summed E-state index contributed by atoms with van der Waals surface area (Å²) in [5, 5.41) is 12.9. The highest BCUT2D eigenvalue weighted by atomic mass is 32.2. The lowest BCUT2D eigenvalue weighted by Gasteiger charge is -2.25. The molecule has 5 nitrogen and oxygen atoms in total. The van der Waals surface area contributed by atoms with Crippen LogP contribution in [0.1, 0.15) is 20.3 Å². The number of benzene rings is 1. The normalized spacial score (nSPS) is 14.3. The number of carbonyl (C=O) groups is 1. The number of thioether (sulfide) groups is 1. The van der Waals surface area contributed by atoms with Crippen LogP contribution in [0.25, 0.3) is 11.1 Å². The van der Waals surface area contributed by atoms with E-state index in [0.29, 0.717) is 23.9 Å². The fourth-order valence-electron chi connectivity index (χ4n) is 1.92. The maximum Gasteiger partial charge on any atom is 0.323 e. The molecule has 1 aromatic carbocycles. The standard InChI is InChI=1S/C14H18N2O3S/c1-3-15-14(2,12(17)18)8-9-20-13-16-10-6-4-5-7-11(10)19-13/h4-7,15H,3,8-9H2,1-2H3,(H,17,18). The van der Waals surface area contributed by atoms with E-state index in [1.165, 1.54) is 11.8 Å². The number of nitrogens with one attached hydrogen (secondary N) is 1. The van der Waals surface area contributed by atoms with E-state index in [1.807, 2.05) is 31.2 Å². The summed E-state index contributed by atoms with van der Waals surface area (Å²) in [5.41, 5.74) is 0.665. The highest BCUT2D eigenvalue weighted by Gasteiger charge is 2.31. The minimum absolute atomic E-state index is 0.500. The number of aliphatic carboxylic acids is 1. The van der Waals surface area contributed by atoms with Crippen molar-refractivity contribution in [1.82, 2.24) is 10.3 Å². The molecule has 108 valence electrons. The van der Waals surface area contributed by atoms with Crippen molar-refractivity contribution in [3.8, 4) is 0 Å². The summed E-state index contributed by atoms with van der Waals surface area (Å²) in [6, 6.07) is 7.57. The monoisotopic (exact) mass is 294 g/mol. The first kappa shape index (κ1) is 14.9. The molecule has 2 rings (SSSR count). The molecule has 0 amide bonds. The zero-order chi connectivity index (χ0) is 14.6. The molecule has 0 aliphatic carbocycles. The van der Waals surface area contributed by atoms with Crippen LogP contribution in [0.3, 0.4) is 0 Å². The van der Waals surface area contributed by atoms with Crippen molar-refractivity contribution in [3.05, 3.63) is 24.3 Å². The third kappa shape index (κ3) is 3.32. The molecule has 0 saturated heterocycles. The average molecular weight is 294 g/mol. The molecule has 0 radical (unpaired) electrons. The largest absolute Gasteiger partial charge is 0.480 e. The van der Waals surface area contributed by atoms with Gasteiger partial charge in [0, 0.05) is 5.75 Å². The Balaban J connectivity index is 1.96. The summed E-state index contributed by atoms with van der Waals surface area (Å²) in [6.45, 7) is 4.22. The van der Waals surface area contributed by atoms with E-state index in [0.717, 1.165) is 11.1 Å². The molecule has 0 spiro atoms. The third-order valence-electron chi connectivity index (χ3n) is 3.14. The van der Waals surface area contributed by atoms with E-state index in [4.69, 9.17) is 4.42 Å². The van der Waals surface area contributed by atoms with Gasteiger partial charge in [0.1, 0.15) is 11.1 Å². The number of oxazole rings is 1. The predicted molar refractivity (Wildman–Crippen MR) is 79.1 cm³/mol. The van der Waals surface area contributed by atoms with Gasteiger partial charge in [-0.3, -0.25) is 4.79 Å². The van der Waals surface area contributed by atoms with Crippen LogP contribution in [0, 0.1) is 0 Å². The molecule has 2 aromatic rings. The number of para-hydroxylation sites is 2. The van der Waals surface area contributed by atoms with Crippen molar-refractivity contribution in [2.24, 2.45) is 0 Å². The number of carboxylic acids is 1. The van der Waals surface area contributed by atoms with Crippen LogP contribution in [0.15, 0.2) is 33.9 Å². The first-order valence-electron chi connectivity index (χ1n) is 6.52. The number of likely N-dealkylation sites (N-methyl/N-ethyl adjacent to an activating group) is 1. The molecule has 0 fully saturated rings. The van der Waals surface area contributed by atoms with Crippen molar-refractivity contribution in [1.29, 1.82) is 0 Å². The maximum atomic E-state index is 11.3. The lowest BCUT2D eigenvalue weighted by atomic mass is 9.99. The van der Waals surface area contributed by atoms with E-state index in [9.17, 15) is 9.90 Å².